The second kappa shape index (κ2) is 16.9. The molecule has 2 rings (SSSR count). The van der Waals surface area contributed by atoms with Crippen molar-refractivity contribution in [3.8, 4) is 23.0 Å². The molecule has 0 aromatic heterocycles. The Kier molecular flexibility index (Phi) is 15.1. The van der Waals surface area contributed by atoms with E-state index in [0.29, 0.717) is 9.98 Å². The molecule has 10 nitrogen and oxygen atoms in total. The monoisotopic (exact) mass is 524 g/mol. The van der Waals surface area contributed by atoms with Gasteiger partial charge < -0.3 is 41.0 Å². The summed E-state index contributed by atoms with van der Waals surface area (Å²) >= 11 is 10.3. The third-order valence-corrected chi connectivity index (χ3v) is 4.95. The Bertz CT molecular complexity index is 938. The Hall–Kier alpha value is -3.64. The van der Waals surface area contributed by atoms with Gasteiger partial charge in [-0.1, -0.05) is 24.4 Å². The SMILES string of the molecule is CNC(=S)c1cc(OC)ccc1OC.CNC(=S)c1cc(OC)ccc1OC.NC(=O)CC(N)=O. The largest absolute Gasteiger partial charge is 0.497 e. The molecular formula is C23H32N4O6S2. The van der Waals surface area contributed by atoms with Gasteiger partial charge in [0.15, 0.2) is 0 Å². The van der Waals surface area contributed by atoms with Gasteiger partial charge in [-0.05, 0) is 36.4 Å². The number of nitrogens with one attached hydrogen (secondary N) is 2. The highest BCUT2D eigenvalue weighted by Gasteiger charge is 2.09. The van der Waals surface area contributed by atoms with Crippen molar-refractivity contribution < 1.29 is 28.5 Å². The lowest BCUT2D eigenvalue weighted by Crippen LogP contribution is -2.21. The van der Waals surface area contributed by atoms with Crippen LogP contribution in [0.1, 0.15) is 17.5 Å². The topological polar surface area (TPSA) is 147 Å². The van der Waals surface area contributed by atoms with E-state index in [1.807, 2.05) is 36.4 Å². The van der Waals surface area contributed by atoms with Crippen LogP contribution in [0.4, 0.5) is 0 Å². The van der Waals surface area contributed by atoms with E-state index >= 15 is 0 Å². The van der Waals surface area contributed by atoms with Crippen LogP contribution in [0.5, 0.6) is 23.0 Å². The highest BCUT2D eigenvalue weighted by Crippen LogP contribution is 2.24. The second-order valence-electron chi connectivity index (χ2n) is 6.40. The van der Waals surface area contributed by atoms with Crippen LogP contribution in [-0.4, -0.2) is 64.3 Å². The van der Waals surface area contributed by atoms with Gasteiger partial charge in [0.1, 0.15) is 39.4 Å². The number of carbonyl (C=O) groups excluding carboxylic acids is 2. The van der Waals surface area contributed by atoms with Gasteiger partial charge in [-0.2, -0.15) is 0 Å². The Labute approximate surface area is 216 Å². The van der Waals surface area contributed by atoms with Gasteiger partial charge in [0.25, 0.3) is 0 Å². The quantitative estimate of drug-likeness (QED) is 0.296. The summed E-state index contributed by atoms with van der Waals surface area (Å²) in [4.78, 5) is 20.7. The third-order valence-electron chi connectivity index (χ3n) is 4.11. The molecule has 0 unspecified atom stereocenters. The van der Waals surface area contributed by atoms with Crippen LogP contribution in [0.25, 0.3) is 0 Å². The van der Waals surface area contributed by atoms with E-state index in [2.05, 4.69) is 22.1 Å². The van der Waals surface area contributed by atoms with Crippen LogP contribution in [0, 0.1) is 0 Å². The molecule has 6 N–H and O–H groups in total. The number of hydrogen-bond donors (Lipinski definition) is 4. The molecule has 0 radical (unpaired) electrons. The number of primary amides is 2. The van der Waals surface area contributed by atoms with Crippen LogP contribution in [0.15, 0.2) is 36.4 Å². The van der Waals surface area contributed by atoms with E-state index in [9.17, 15) is 9.59 Å². The molecule has 0 aliphatic rings. The first-order chi connectivity index (χ1) is 16.6. The van der Waals surface area contributed by atoms with Gasteiger partial charge in [-0.3, -0.25) is 9.59 Å². The minimum absolute atomic E-state index is 0.361. The number of carbonyl (C=O) groups is 2. The summed E-state index contributed by atoms with van der Waals surface area (Å²) in [7, 11) is 10.0. The molecule has 192 valence electrons. The molecule has 0 spiro atoms. The fraction of sp³-hybridized carbons (Fsp3) is 0.304. The maximum absolute atomic E-state index is 9.73. The van der Waals surface area contributed by atoms with Gasteiger partial charge in [0.05, 0.1) is 39.6 Å². The number of methoxy groups -OCH3 is 4. The second-order valence-corrected chi connectivity index (χ2v) is 7.22. The summed E-state index contributed by atoms with van der Waals surface area (Å²) in [6, 6.07) is 11.0. The smallest absolute Gasteiger partial charge is 0.226 e. The maximum atomic E-state index is 9.73. The van der Waals surface area contributed by atoms with E-state index in [0.717, 1.165) is 34.1 Å². The van der Waals surface area contributed by atoms with Crippen LogP contribution in [0.3, 0.4) is 0 Å². The van der Waals surface area contributed by atoms with Gasteiger partial charge in [0.2, 0.25) is 11.8 Å². The van der Waals surface area contributed by atoms with Crippen molar-refractivity contribution >= 4 is 46.2 Å². The average molecular weight is 525 g/mol. The van der Waals surface area contributed by atoms with Crippen molar-refractivity contribution in [1.82, 2.24) is 10.6 Å². The van der Waals surface area contributed by atoms with Crippen LogP contribution in [0.2, 0.25) is 0 Å². The number of amides is 2. The highest BCUT2D eigenvalue weighted by atomic mass is 32.1. The summed E-state index contributed by atoms with van der Waals surface area (Å²) in [5, 5.41) is 5.81. The zero-order valence-corrected chi connectivity index (χ0v) is 22.2. The summed E-state index contributed by atoms with van der Waals surface area (Å²) in [6.07, 6.45) is -0.361. The lowest BCUT2D eigenvalue weighted by molar-refractivity contribution is -0.125. The van der Waals surface area contributed by atoms with Crippen LogP contribution < -0.4 is 41.0 Å². The molecule has 2 aromatic carbocycles. The molecule has 2 amide bonds. The predicted molar refractivity (Wildman–Crippen MR) is 144 cm³/mol. The molecule has 0 aliphatic carbocycles. The average Bonchev–Trinajstić information content (AvgIpc) is 2.86. The summed E-state index contributed by atoms with van der Waals surface area (Å²) in [5.41, 5.74) is 10.8. The minimum atomic E-state index is -0.687. The number of nitrogens with two attached hydrogens (primary N) is 2. The van der Waals surface area contributed by atoms with E-state index < -0.39 is 11.8 Å². The van der Waals surface area contributed by atoms with Crippen LogP contribution in [-0.2, 0) is 9.59 Å². The van der Waals surface area contributed by atoms with Crippen molar-refractivity contribution in [2.24, 2.45) is 11.5 Å². The molecule has 0 heterocycles. The fourth-order valence-electron chi connectivity index (χ4n) is 2.42. The minimum Gasteiger partial charge on any atom is -0.497 e. The number of benzene rings is 2. The van der Waals surface area contributed by atoms with Gasteiger partial charge in [-0.15, -0.1) is 0 Å². The van der Waals surface area contributed by atoms with Crippen molar-refractivity contribution in [2.75, 3.05) is 42.5 Å². The maximum Gasteiger partial charge on any atom is 0.226 e. The van der Waals surface area contributed by atoms with Crippen LogP contribution >= 0.6 is 24.4 Å². The Morgan fingerprint density at radius 2 is 1.06 bits per heavy atom. The zero-order chi connectivity index (χ0) is 27.0. The number of thiocarbonyl (C=S) groups is 2. The highest BCUT2D eigenvalue weighted by molar-refractivity contribution is 7.81. The summed E-state index contributed by atoms with van der Waals surface area (Å²) < 4.78 is 20.6. The molecule has 0 saturated heterocycles. The lowest BCUT2D eigenvalue weighted by Gasteiger charge is -2.10. The van der Waals surface area contributed by atoms with E-state index in [1.54, 1.807) is 42.5 Å². The normalized spacial score (nSPS) is 9.09. The molecule has 0 saturated carbocycles. The standard InChI is InChI=1S/2C10H13NO2S.C3H6N2O2/c2*1-11-10(14)8-6-7(12-2)4-5-9(8)13-3;4-2(6)1-3(5)7/h2*4-6H,1-3H3,(H,11,14);1H2,(H2,4,6)(H2,5,7). The molecule has 0 atom stereocenters. The summed E-state index contributed by atoms with van der Waals surface area (Å²) in [6.45, 7) is 0. The molecule has 12 heteroatoms. The third kappa shape index (κ3) is 11.4. The van der Waals surface area contributed by atoms with Crippen molar-refractivity contribution in [3.63, 3.8) is 0 Å². The van der Waals surface area contributed by atoms with Crippen molar-refractivity contribution in [1.29, 1.82) is 0 Å². The Balaban J connectivity index is 0.000000526. The van der Waals surface area contributed by atoms with Gasteiger partial charge >= 0.3 is 0 Å². The predicted octanol–water partition coefficient (Wildman–Crippen LogP) is 1.54. The van der Waals surface area contributed by atoms with Crippen molar-refractivity contribution in [2.45, 2.75) is 6.42 Å². The van der Waals surface area contributed by atoms with Gasteiger partial charge in [0, 0.05) is 14.1 Å². The molecule has 0 bridgehead atoms. The Morgan fingerprint density at radius 3 is 1.26 bits per heavy atom. The molecule has 0 aliphatic heterocycles. The van der Waals surface area contributed by atoms with Gasteiger partial charge in [-0.25, -0.2) is 0 Å². The number of hydrogen-bond acceptors (Lipinski definition) is 8. The molecular weight excluding hydrogens is 492 g/mol. The van der Waals surface area contributed by atoms with Crippen molar-refractivity contribution in [3.05, 3.63) is 47.5 Å². The molecule has 0 fully saturated rings. The first-order valence-corrected chi connectivity index (χ1v) is 10.8. The number of ether oxygens (including phenoxy) is 4. The van der Waals surface area contributed by atoms with E-state index in [-0.39, 0.29) is 6.42 Å². The summed E-state index contributed by atoms with van der Waals surface area (Å²) in [5.74, 6) is 1.63. The molecule has 35 heavy (non-hydrogen) atoms. The lowest BCUT2D eigenvalue weighted by atomic mass is 10.2. The fourth-order valence-corrected chi connectivity index (χ4v) is 2.74. The molecule has 2 aromatic rings. The first kappa shape index (κ1) is 31.4. The zero-order valence-electron chi connectivity index (χ0n) is 20.6. The first-order valence-electron chi connectivity index (χ1n) is 10.0. The van der Waals surface area contributed by atoms with E-state index in [4.69, 9.17) is 43.4 Å². The van der Waals surface area contributed by atoms with E-state index in [1.165, 1.54) is 0 Å². The Morgan fingerprint density at radius 1 is 0.714 bits per heavy atom. The number of rotatable bonds is 8.